The van der Waals surface area contributed by atoms with E-state index < -0.39 is 0 Å². The van der Waals surface area contributed by atoms with Gasteiger partial charge in [-0.25, -0.2) is 0 Å². The van der Waals surface area contributed by atoms with Crippen molar-refractivity contribution in [1.82, 2.24) is 0 Å². The average Bonchev–Trinajstić information content (AvgIpc) is 2.47. The molecule has 0 amide bonds. The molecule has 2 nitrogen and oxygen atoms in total. The molecule has 0 bridgehead atoms. The number of Topliss-reactive ketones (excluding diaryl/α,β-unsaturated/α-hetero) is 1. The standard InChI is InChI=1S/C7H12O2/c1-3-4-6-7(9-6)5(2)8/h6-7H,3-4H2,1-2H3/t6-,7-/m0/s1. The van der Waals surface area contributed by atoms with E-state index in [2.05, 4.69) is 6.92 Å². The normalized spacial score (nSPS) is 32.2. The third-order valence-corrected chi connectivity index (χ3v) is 1.56. The van der Waals surface area contributed by atoms with Gasteiger partial charge in [0, 0.05) is 0 Å². The first kappa shape index (κ1) is 6.75. The van der Waals surface area contributed by atoms with Crippen LogP contribution in [0.1, 0.15) is 26.7 Å². The molecule has 52 valence electrons. The van der Waals surface area contributed by atoms with Gasteiger partial charge in [-0.3, -0.25) is 4.79 Å². The molecule has 1 saturated heterocycles. The SMILES string of the molecule is CCC[C@@H]1O[C@H]1C(C)=O. The lowest BCUT2D eigenvalue weighted by Gasteiger charge is -1.84. The Morgan fingerprint density at radius 2 is 2.33 bits per heavy atom. The molecule has 0 aromatic carbocycles. The summed E-state index contributed by atoms with van der Waals surface area (Å²) in [4.78, 5) is 10.6. The van der Waals surface area contributed by atoms with Crippen LogP contribution in [0.2, 0.25) is 0 Å². The van der Waals surface area contributed by atoms with Gasteiger partial charge in [0.2, 0.25) is 0 Å². The molecule has 0 radical (unpaired) electrons. The van der Waals surface area contributed by atoms with Crippen molar-refractivity contribution in [1.29, 1.82) is 0 Å². The molecule has 0 N–H and O–H groups in total. The van der Waals surface area contributed by atoms with Crippen LogP contribution < -0.4 is 0 Å². The Morgan fingerprint density at radius 3 is 2.67 bits per heavy atom. The maximum absolute atomic E-state index is 10.6. The van der Waals surface area contributed by atoms with Crippen LogP contribution >= 0.6 is 0 Å². The first-order valence-electron chi connectivity index (χ1n) is 3.41. The third-order valence-electron chi connectivity index (χ3n) is 1.56. The van der Waals surface area contributed by atoms with E-state index in [1.54, 1.807) is 6.92 Å². The molecule has 0 aromatic rings. The molecule has 1 heterocycles. The van der Waals surface area contributed by atoms with E-state index in [9.17, 15) is 4.79 Å². The van der Waals surface area contributed by atoms with E-state index in [1.165, 1.54) is 0 Å². The summed E-state index contributed by atoms with van der Waals surface area (Å²) in [5.41, 5.74) is 0. The van der Waals surface area contributed by atoms with Gasteiger partial charge in [0.25, 0.3) is 0 Å². The number of hydrogen-bond donors (Lipinski definition) is 0. The Labute approximate surface area is 55.2 Å². The van der Waals surface area contributed by atoms with Crippen LogP contribution in [-0.2, 0) is 9.53 Å². The number of epoxide rings is 1. The van der Waals surface area contributed by atoms with Crippen molar-refractivity contribution < 1.29 is 9.53 Å². The fourth-order valence-corrected chi connectivity index (χ4v) is 1.00. The number of carbonyl (C=O) groups excluding carboxylic acids is 1. The number of carbonyl (C=O) groups is 1. The zero-order chi connectivity index (χ0) is 6.85. The lowest BCUT2D eigenvalue weighted by molar-refractivity contribution is -0.118. The summed E-state index contributed by atoms with van der Waals surface area (Å²) in [7, 11) is 0. The molecule has 0 aliphatic carbocycles. The second-order valence-corrected chi connectivity index (χ2v) is 2.49. The van der Waals surface area contributed by atoms with Crippen molar-refractivity contribution in [2.75, 3.05) is 0 Å². The Hall–Kier alpha value is -0.370. The Kier molecular flexibility index (Phi) is 1.86. The van der Waals surface area contributed by atoms with Crippen molar-refractivity contribution in [3.8, 4) is 0 Å². The number of ether oxygens (including phenoxy) is 1. The summed E-state index contributed by atoms with van der Waals surface area (Å²) >= 11 is 0. The monoisotopic (exact) mass is 128 g/mol. The molecule has 0 spiro atoms. The predicted octanol–water partition coefficient (Wildman–Crippen LogP) is 1.14. The quantitative estimate of drug-likeness (QED) is 0.533. The van der Waals surface area contributed by atoms with E-state index in [4.69, 9.17) is 4.74 Å². The van der Waals surface area contributed by atoms with E-state index in [1.807, 2.05) is 0 Å². The number of ketones is 1. The van der Waals surface area contributed by atoms with Crippen molar-refractivity contribution in [2.45, 2.75) is 38.9 Å². The smallest absolute Gasteiger partial charge is 0.161 e. The topological polar surface area (TPSA) is 29.6 Å². The van der Waals surface area contributed by atoms with Crippen LogP contribution in [0.25, 0.3) is 0 Å². The molecule has 0 aromatic heterocycles. The highest BCUT2D eigenvalue weighted by Crippen LogP contribution is 2.26. The van der Waals surface area contributed by atoms with Gasteiger partial charge < -0.3 is 4.74 Å². The summed E-state index contributed by atoms with van der Waals surface area (Å²) in [5.74, 6) is 0.174. The third kappa shape index (κ3) is 1.52. The average molecular weight is 128 g/mol. The molecule has 9 heavy (non-hydrogen) atoms. The number of rotatable bonds is 3. The Morgan fingerprint density at radius 1 is 1.67 bits per heavy atom. The van der Waals surface area contributed by atoms with Gasteiger partial charge in [0.05, 0.1) is 6.10 Å². The Balaban J connectivity index is 2.17. The maximum atomic E-state index is 10.6. The minimum Gasteiger partial charge on any atom is -0.361 e. The fourth-order valence-electron chi connectivity index (χ4n) is 1.00. The highest BCUT2D eigenvalue weighted by Gasteiger charge is 2.41. The molecule has 0 unspecified atom stereocenters. The van der Waals surface area contributed by atoms with Gasteiger partial charge >= 0.3 is 0 Å². The molecular formula is C7H12O2. The maximum Gasteiger partial charge on any atom is 0.161 e. The summed E-state index contributed by atoms with van der Waals surface area (Å²) in [5, 5.41) is 0. The van der Waals surface area contributed by atoms with Gasteiger partial charge in [0.15, 0.2) is 5.78 Å². The molecular weight excluding hydrogens is 116 g/mol. The van der Waals surface area contributed by atoms with Crippen molar-refractivity contribution in [3.05, 3.63) is 0 Å². The van der Waals surface area contributed by atoms with Crippen LogP contribution in [0.5, 0.6) is 0 Å². The zero-order valence-electron chi connectivity index (χ0n) is 5.89. The molecule has 1 fully saturated rings. The summed E-state index contributed by atoms with van der Waals surface area (Å²) in [6.45, 7) is 3.68. The fraction of sp³-hybridized carbons (Fsp3) is 0.857. The minimum absolute atomic E-state index is 0.0510. The van der Waals surface area contributed by atoms with E-state index in [-0.39, 0.29) is 18.0 Å². The van der Waals surface area contributed by atoms with Gasteiger partial charge in [0.1, 0.15) is 6.10 Å². The highest BCUT2D eigenvalue weighted by atomic mass is 16.6. The summed E-state index contributed by atoms with van der Waals surface area (Å²) < 4.78 is 5.07. The largest absolute Gasteiger partial charge is 0.361 e. The van der Waals surface area contributed by atoms with Crippen LogP contribution in [0, 0.1) is 0 Å². The molecule has 0 saturated carbocycles. The van der Waals surface area contributed by atoms with Crippen LogP contribution in [0.4, 0.5) is 0 Å². The van der Waals surface area contributed by atoms with Crippen LogP contribution in [0.15, 0.2) is 0 Å². The first-order valence-corrected chi connectivity index (χ1v) is 3.41. The van der Waals surface area contributed by atoms with Gasteiger partial charge in [-0.05, 0) is 13.3 Å². The summed E-state index contributed by atoms with van der Waals surface area (Å²) in [6, 6.07) is 0. The zero-order valence-corrected chi connectivity index (χ0v) is 5.89. The van der Waals surface area contributed by atoms with Crippen molar-refractivity contribution in [2.24, 2.45) is 0 Å². The van der Waals surface area contributed by atoms with Gasteiger partial charge in [-0.2, -0.15) is 0 Å². The highest BCUT2D eigenvalue weighted by molar-refractivity contribution is 5.83. The predicted molar refractivity (Wildman–Crippen MR) is 34.2 cm³/mol. The lowest BCUT2D eigenvalue weighted by atomic mass is 10.2. The first-order chi connectivity index (χ1) is 4.25. The molecule has 2 atom stereocenters. The lowest BCUT2D eigenvalue weighted by Crippen LogP contribution is -2.03. The minimum atomic E-state index is -0.0510. The van der Waals surface area contributed by atoms with Crippen LogP contribution in [-0.4, -0.2) is 18.0 Å². The van der Waals surface area contributed by atoms with E-state index >= 15 is 0 Å². The molecule has 1 aliphatic heterocycles. The summed E-state index contributed by atoms with van der Waals surface area (Å²) in [6.07, 6.45) is 2.34. The van der Waals surface area contributed by atoms with Crippen LogP contribution in [0.3, 0.4) is 0 Å². The number of hydrogen-bond acceptors (Lipinski definition) is 2. The molecule has 1 aliphatic rings. The molecule has 1 rings (SSSR count). The van der Waals surface area contributed by atoms with Crippen molar-refractivity contribution >= 4 is 5.78 Å². The Bertz CT molecular complexity index is 120. The second kappa shape index (κ2) is 2.48. The van der Waals surface area contributed by atoms with E-state index in [0.29, 0.717) is 0 Å². The van der Waals surface area contributed by atoms with Gasteiger partial charge in [-0.1, -0.05) is 13.3 Å². The van der Waals surface area contributed by atoms with Crippen molar-refractivity contribution in [3.63, 3.8) is 0 Å². The second-order valence-electron chi connectivity index (χ2n) is 2.49. The van der Waals surface area contributed by atoms with Gasteiger partial charge in [-0.15, -0.1) is 0 Å². The van der Waals surface area contributed by atoms with E-state index in [0.717, 1.165) is 12.8 Å². The molecule has 2 heteroatoms.